The standard InChI is InChI=1S/C19H21F3N2O4/c1-3-26-17(19(20,21)22)13-28-16-7-5-14(6-8-16)9-10-24-12-15(11-23-24)18(25)27-4-2/h5-8,11-13H,3-4,9-10H2,1-2H3/b17-13-. The van der Waals surface area contributed by atoms with Crippen LogP contribution in [0.4, 0.5) is 13.2 Å². The maximum Gasteiger partial charge on any atom is 0.452 e. The molecule has 0 N–H and O–H groups in total. The summed E-state index contributed by atoms with van der Waals surface area (Å²) in [6.07, 6.45) is -0.390. The van der Waals surface area contributed by atoms with Crippen molar-refractivity contribution in [3.05, 3.63) is 59.8 Å². The number of aryl methyl sites for hydroxylation is 2. The van der Waals surface area contributed by atoms with E-state index in [0.29, 0.717) is 31.4 Å². The van der Waals surface area contributed by atoms with Gasteiger partial charge in [0.05, 0.1) is 25.0 Å². The molecule has 0 spiro atoms. The quantitative estimate of drug-likeness (QED) is 0.470. The molecule has 0 saturated carbocycles. The molecule has 0 atom stereocenters. The van der Waals surface area contributed by atoms with Crippen molar-refractivity contribution in [2.45, 2.75) is 33.0 Å². The molecule has 2 rings (SSSR count). The Kier molecular flexibility index (Phi) is 7.48. The minimum atomic E-state index is -4.61. The molecule has 28 heavy (non-hydrogen) atoms. The van der Waals surface area contributed by atoms with Crippen LogP contribution in [0, 0.1) is 0 Å². The molecule has 0 unspecified atom stereocenters. The maximum absolute atomic E-state index is 12.7. The van der Waals surface area contributed by atoms with Gasteiger partial charge in [-0.05, 0) is 38.0 Å². The van der Waals surface area contributed by atoms with Crippen LogP contribution in [0.3, 0.4) is 0 Å². The molecule has 6 nitrogen and oxygen atoms in total. The van der Waals surface area contributed by atoms with E-state index < -0.39 is 17.9 Å². The van der Waals surface area contributed by atoms with Crippen molar-refractivity contribution < 1.29 is 32.2 Å². The lowest BCUT2D eigenvalue weighted by Crippen LogP contribution is -2.15. The van der Waals surface area contributed by atoms with Crippen molar-refractivity contribution in [2.24, 2.45) is 0 Å². The fourth-order valence-electron chi connectivity index (χ4n) is 2.24. The molecular weight excluding hydrogens is 377 g/mol. The van der Waals surface area contributed by atoms with Crippen LogP contribution in [0.25, 0.3) is 0 Å². The number of esters is 1. The predicted molar refractivity (Wildman–Crippen MR) is 94.7 cm³/mol. The number of hydrogen-bond acceptors (Lipinski definition) is 5. The van der Waals surface area contributed by atoms with E-state index >= 15 is 0 Å². The smallest absolute Gasteiger partial charge is 0.452 e. The van der Waals surface area contributed by atoms with Crippen molar-refractivity contribution in [1.82, 2.24) is 9.78 Å². The molecule has 0 aliphatic heterocycles. The van der Waals surface area contributed by atoms with Crippen LogP contribution in [0.1, 0.15) is 29.8 Å². The van der Waals surface area contributed by atoms with Crippen LogP contribution in [-0.2, 0) is 22.4 Å². The van der Waals surface area contributed by atoms with Gasteiger partial charge in [0.1, 0.15) is 12.0 Å². The molecule has 9 heteroatoms. The number of hydrogen-bond donors (Lipinski definition) is 0. The normalized spacial score (nSPS) is 12.0. The fourth-order valence-corrected chi connectivity index (χ4v) is 2.24. The Balaban J connectivity index is 1.91. The maximum atomic E-state index is 12.7. The van der Waals surface area contributed by atoms with Gasteiger partial charge in [-0.25, -0.2) is 4.79 Å². The Hall–Kier alpha value is -2.97. The topological polar surface area (TPSA) is 62.6 Å². The summed E-state index contributed by atoms with van der Waals surface area (Å²) in [6, 6.07) is 6.62. The van der Waals surface area contributed by atoms with E-state index in [1.807, 2.05) is 0 Å². The summed E-state index contributed by atoms with van der Waals surface area (Å²) < 4.78 is 54.3. The fraction of sp³-hybridized carbons (Fsp3) is 0.368. The van der Waals surface area contributed by atoms with E-state index in [2.05, 4.69) is 9.84 Å². The Morgan fingerprint density at radius 3 is 2.43 bits per heavy atom. The minimum absolute atomic E-state index is 0.112. The molecule has 1 aromatic heterocycles. The molecule has 0 aliphatic rings. The number of alkyl halides is 3. The number of aromatic nitrogens is 2. The van der Waals surface area contributed by atoms with E-state index in [4.69, 9.17) is 9.47 Å². The molecule has 0 radical (unpaired) electrons. The van der Waals surface area contributed by atoms with Gasteiger partial charge in [0.2, 0.25) is 5.76 Å². The number of carbonyl (C=O) groups is 1. The highest BCUT2D eigenvalue weighted by molar-refractivity contribution is 5.88. The predicted octanol–water partition coefficient (Wildman–Crippen LogP) is 4.12. The van der Waals surface area contributed by atoms with E-state index in [0.717, 1.165) is 5.56 Å². The number of halogens is 3. The van der Waals surface area contributed by atoms with E-state index in [9.17, 15) is 18.0 Å². The third kappa shape index (κ3) is 6.33. The number of benzene rings is 1. The van der Waals surface area contributed by atoms with E-state index in [1.165, 1.54) is 13.1 Å². The summed E-state index contributed by atoms with van der Waals surface area (Å²) in [4.78, 5) is 11.6. The van der Waals surface area contributed by atoms with Gasteiger partial charge in [-0.15, -0.1) is 0 Å². The van der Waals surface area contributed by atoms with Gasteiger partial charge in [0, 0.05) is 12.7 Å². The van der Waals surface area contributed by atoms with E-state index in [1.54, 1.807) is 42.1 Å². The first-order valence-electron chi connectivity index (χ1n) is 8.68. The van der Waals surface area contributed by atoms with Crippen molar-refractivity contribution >= 4 is 5.97 Å². The number of allylic oxidation sites excluding steroid dienone is 1. The number of carbonyl (C=O) groups excluding carboxylic acids is 1. The van der Waals surface area contributed by atoms with Crippen LogP contribution in [0.5, 0.6) is 5.75 Å². The van der Waals surface area contributed by atoms with Crippen LogP contribution in [0.15, 0.2) is 48.7 Å². The number of nitrogens with zero attached hydrogens (tertiary/aromatic N) is 2. The molecule has 152 valence electrons. The van der Waals surface area contributed by atoms with Crippen LogP contribution in [0.2, 0.25) is 0 Å². The number of ether oxygens (including phenoxy) is 3. The molecule has 0 fully saturated rings. The lowest BCUT2D eigenvalue weighted by molar-refractivity contribution is -0.132. The molecule has 2 aromatic rings. The van der Waals surface area contributed by atoms with E-state index in [-0.39, 0.29) is 12.4 Å². The van der Waals surface area contributed by atoms with Gasteiger partial charge in [-0.2, -0.15) is 18.3 Å². The average molecular weight is 398 g/mol. The van der Waals surface area contributed by atoms with Gasteiger partial charge in [-0.3, -0.25) is 4.68 Å². The highest BCUT2D eigenvalue weighted by Gasteiger charge is 2.36. The molecular formula is C19H21F3N2O4. The summed E-state index contributed by atoms with van der Waals surface area (Å²) in [5.74, 6) is -1.35. The summed E-state index contributed by atoms with van der Waals surface area (Å²) in [6.45, 7) is 3.90. The third-order valence-corrected chi connectivity index (χ3v) is 3.58. The zero-order valence-electron chi connectivity index (χ0n) is 15.5. The Bertz CT molecular complexity index is 798. The van der Waals surface area contributed by atoms with Gasteiger partial charge in [0.15, 0.2) is 0 Å². The van der Waals surface area contributed by atoms with Crippen LogP contribution < -0.4 is 4.74 Å². The molecule has 1 aromatic carbocycles. The zero-order chi connectivity index (χ0) is 20.6. The first-order valence-corrected chi connectivity index (χ1v) is 8.68. The lowest BCUT2D eigenvalue weighted by atomic mass is 10.1. The molecule has 0 bridgehead atoms. The van der Waals surface area contributed by atoms with Crippen molar-refractivity contribution in [3.8, 4) is 5.75 Å². The summed E-state index contributed by atoms with van der Waals surface area (Å²) in [7, 11) is 0. The molecule has 0 aliphatic carbocycles. The second-order valence-electron chi connectivity index (χ2n) is 5.64. The molecule has 0 saturated heterocycles. The van der Waals surface area contributed by atoms with Crippen LogP contribution >= 0.6 is 0 Å². The highest BCUT2D eigenvalue weighted by atomic mass is 19.4. The highest BCUT2D eigenvalue weighted by Crippen LogP contribution is 2.27. The Labute approximate surface area is 160 Å². The SMILES string of the molecule is CCOC(=O)c1cnn(CCc2ccc(O/C=C(\OCC)C(F)(F)F)cc2)c1. The third-order valence-electron chi connectivity index (χ3n) is 3.58. The monoisotopic (exact) mass is 398 g/mol. The van der Waals surface area contributed by atoms with Crippen molar-refractivity contribution in [2.75, 3.05) is 13.2 Å². The molecule has 1 heterocycles. The first kappa shape index (κ1) is 21.3. The van der Waals surface area contributed by atoms with Crippen molar-refractivity contribution in [1.29, 1.82) is 0 Å². The number of rotatable bonds is 9. The van der Waals surface area contributed by atoms with Gasteiger partial charge in [0.25, 0.3) is 0 Å². The average Bonchev–Trinajstić information content (AvgIpc) is 3.13. The molecule has 0 amide bonds. The largest absolute Gasteiger partial charge is 0.487 e. The van der Waals surface area contributed by atoms with Gasteiger partial charge >= 0.3 is 12.1 Å². The summed E-state index contributed by atoms with van der Waals surface area (Å²) in [5.41, 5.74) is 1.32. The van der Waals surface area contributed by atoms with Crippen molar-refractivity contribution in [3.63, 3.8) is 0 Å². The Morgan fingerprint density at radius 1 is 1.14 bits per heavy atom. The van der Waals surface area contributed by atoms with Gasteiger partial charge in [-0.1, -0.05) is 12.1 Å². The first-order chi connectivity index (χ1) is 13.3. The summed E-state index contributed by atoms with van der Waals surface area (Å²) in [5, 5.41) is 4.10. The minimum Gasteiger partial charge on any atom is -0.487 e. The Morgan fingerprint density at radius 2 is 1.82 bits per heavy atom. The van der Waals surface area contributed by atoms with Gasteiger partial charge < -0.3 is 14.2 Å². The second kappa shape index (κ2) is 9.82. The second-order valence-corrected chi connectivity index (χ2v) is 5.64. The lowest BCUT2D eigenvalue weighted by Gasteiger charge is -2.12. The zero-order valence-corrected chi connectivity index (χ0v) is 15.5. The summed E-state index contributed by atoms with van der Waals surface area (Å²) >= 11 is 0. The van der Waals surface area contributed by atoms with Crippen LogP contribution in [-0.4, -0.2) is 35.1 Å².